The average molecular weight is 205 g/mol. The molecule has 1 rings (SSSR count). The van der Waals surface area contributed by atoms with Crippen LogP contribution in [0.5, 0.6) is 0 Å². The van der Waals surface area contributed by atoms with E-state index in [2.05, 4.69) is 18.7 Å². The summed E-state index contributed by atoms with van der Waals surface area (Å²) >= 11 is 0. The predicted octanol–water partition coefficient (Wildman–Crippen LogP) is 3.58. The van der Waals surface area contributed by atoms with E-state index in [1.165, 1.54) is 37.7 Å². The molecule has 0 bridgehead atoms. The molecule has 1 nitrogen and oxygen atoms in total. The summed E-state index contributed by atoms with van der Waals surface area (Å²) in [5.74, 6) is 0.668. The molecule has 0 aliphatic heterocycles. The molecule has 1 saturated carbocycles. The van der Waals surface area contributed by atoms with Crippen LogP contribution in [0.1, 0.15) is 39.0 Å². The fraction of sp³-hybridized carbons (Fsp3) is 0.571. The number of rotatable bonds is 4. The van der Waals surface area contributed by atoms with Crippen LogP contribution in [0.2, 0.25) is 0 Å². The van der Waals surface area contributed by atoms with Gasteiger partial charge in [-0.1, -0.05) is 50.1 Å². The van der Waals surface area contributed by atoms with Crippen molar-refractivity contribution < 1.29 is 0 Å². The van der Waals surface area contributed by atoms with Crippen molar-refractivity contribution in [3.63, 3.8) is 0 Å². The van der Waals surface area contributed by atoms with E-state index in [1.807, 2.05) is 19.1 Å². The zero-order valence-corrected chi connectivity index (χ0v) is 9.78. The number of hydrogen-bond acceptors (Lipinski definition) is 1. The molecule has 0 radical (unpaired) electrons. The number of allylic oxidation sites excluding steroid dienone is 3. The van der Waals surface area contributed by atoms with E-state index in [9.17, 15) is 0 Å². The van der Waals surface area contributed by atoms with Crippen LogP contribution in [0.4, 0.5) is 0 Å². The molecule has 1 aliphatic carbocycles. The molecule has 0 amide bonds. The van der Waals surface area contributed by atoms with Crippen LogP contribution < -0.4 is 5.73 Å². The average Bonchev–Trinajstić information content (AvgIpc) is 2.29. The second-order valence-corrected chi connectivity index (χ2v) is 4.33. The summed E-state index contributed by atoms with van der Waals surface area (Å²) in [7, 11) is 0. The second kappa shape index (κ2) is 6.62. The minimum Gasteiger partial charge on any atom is -0.324 e. The first-order chi connectivity index (χ1) is 7.29. The van der Waals surface area contributed by atoms with E-state index in [0.717, 1.165) is 0 Å². The van der Waals surface area contributed by atoms with Gasteiger partial charge in [-0.25, -0.2) is 0 Å². The van der Waals surface area contributed by atoms with Crippen molar-refractivity contribution in [1.29, 1.82) is 0 Å². The van der Waals surface area contributed by atoms with E-state index in [0.29, 0.717) is 5.92 Å². The zero-order chi connectivity index (χ0) is 11.1. The monoisotopic (exact) mass is 205 g/mol. The minimum absolute atomic E-state index is 0.194. The van der Waals surface area contributed by atoms with Crippen molar-refractivity contribution in [1.82, 2.24) is 0 Å². The van der Waals surface area contributed by atoms with E-state index in [-0.39, 0.29) is 6.04 Å². The molecular weight excluding hydrogens is 182 g/mol. The third-order valence-electron chi connectivity index (χ3n) is 3.21. The van der Waals surface area contributed by atoms with Gasteiger partial charge >= 0.3 is 0 Å². The summed E-state index contributed by atoms with van der Waals surface area (Å²) in [4.78, 5) is 0. The Kier molecular flexibility index (Phi) is 5.41. The van der Waals surface area contributed by atoms with Crippen molar-refractivity contribution in [3.05, 3.63) is 36.5 Å². The van der Waals surface area contributed by atoms with Gasteiger partial charge in [-0.15, -0.1) is 0 Å². The fourth-order valence-corrected chi connectivity index (χ4v) is 2.37. The van der Waals surface area contributed by atoms with Crippen LogP contribution in [-0.2, 0) is 0 Å². The van der Waals surface area contributed by atoms with Crippen LogP contribution >= 0.6 is 0 Å². The van der Waals surface area contributed by atoms with Crippen LogP contribution in [0.15, 0.2) is 36.5 Å². The van der Waals surface area contributed by atoms with E-state index in [4.69, 9.17) is 5.73 Å². The molecule has 0 spiro atoms. The maximum absolute atomic E-state index is 6.30. The predicted molar refractivity (Wildman–Crippen MR) is 67.6 cm³/mol. The van der Waals surface area contributed by atoms with E-state index < -0.39 is 0 Å². The molecule has 0 aromatic rings. The van der Waals surface area contributed by atoms with Gasteiger partial charge in [-0.3, -0.25) is 0 Å². The summed E-state index contributed by atoms with van der Waals surface area (Å²) in [6.07, 6.45) is 14.7. The van der Waals surface area contributed by atoms with Crippen molar-refractivity contribution in [2.24, 2.45) is 11.7 Å². The highest BCUT2D eigenvalue weighted by Crippen LogP contribution is 2.28. The Labute approximate surface area is 93.7 Å². The first-order valence-corrected chi connectivity index (χ1v) is 6.00. The summed E-state index contributed by atoms with van der Waals surface area (Å²) in [5.41, 5.74) is 7.52. The summed E-state index contributed by atoms with van der Waals surface area (Å²) in [5, 5.41) is 0. The topological polar surface area (TPSA) is 26.0 Å². The maximum Gasteiger partial charge on any atom is 0.0323 e. The maximum atomic E-state index is 6.30. The molecule has 15 heavy (non-hydrogen) atoms. The summed E-state index contributed by atoms with van der Waals surface area (Å²) in [6.45, 7) is 5.78. The molecule has 2 N–H and O–H groups in total. The lowest BCUT2D eigenvalue weighted by Crippen LogP contribution is -2.32. The molecule has 1 heteroatoms. The Hall–Kier alpha value is -0.820. The number of hydrogen-bond donors (Lipinski definition) is 1. The van der Waals surface area contributed by atoms with Crippen molar-refractivity contribution in [2.45, 2.75) is 45.1 Å². The van der Waals surface area contributed by atoms with Gasteiger partial charge in [0.25, 0.3) is 0 Å². The Bertz CT molecular complexity index is 244. The van der Waals surface area contributed by atoms with Crippen molar-refractivity contribution in [3.8, 4) is 0 Å². The van der Waals surface area contributed by atoms with Crippen molar-refractivity contribution in [2.75, 3.05) is 0 Å². The fourth-order valence-electron chi connectivity index (χ4n) is 2.37. The largest absolute Gasteiger partial charge is 0.324 e. The third-order valence-corrected chi connectivity index (χ3v) is 3.21. The quantitative estimate of drug-likeness (QED) is 0.697. The van der Waals surface area contributed by atoms with Gasteiger partial charge in [0, 0.05) is 6.04 Å². The smallest absolute Gasteiger partial charge is 0.0323 e. The molecule has 1 aliphatic rings. The normalized spacial score (nSPS) is 21.9. The highest BCUT2D eigenvalue weighted by molar-refractivity contribution is 5.28. The Morgan fingerprint density at radius 1 is 1.33 bits per heavy atom. The zero-order valence-electron chi connectivity index (χ0n) is 9.78. The van der Waals surface area contributed by atoms with Crippen molar-refractivity contribution >= 4 is 0 Å². The van der Waals surface area contributed by atoms with Gasteiger partial charge < -0.3 is 5.73 Å². The van der Waals surface area contributed by atoms with Gasteiger partial charge in [0.15, 0.2) is 0 Å². The highest BCUT2D eigenvalue weighted by Gasteiger charge is 2.21. The third kappa shape index (κ3) is 3.67. The Morgan fingerprint density at radius 2 is 2.00 bits per heavy atom. The van der Waals surface area contributed by atoms with Gasteiger partial charge in [-0.2, -0.15) is 0 Å². The second-order valence-electron chi connectivity index (χ2n) is 4.33. The molecule has 1 fully saturated rings. The molecule has 0 saturated heterocycles. The lowest BCUT2D eigenvalue weighted by Gasteiger charge is -2.28. The molecule has 0 aromatic heterocycles. The first kappa shape index (κ1) is 12.3. The van der Waals surface area contributed by atoms with Crippen LogP contribution in [0.3, 0.4) is 0 Å². The van der Waals surface area contributed by atoms with Gasteiger partial charge in [0.2, 0.25) is 0 Å². The van der Waals surface area contributed by atoms with Crippen LogP contribution in [0.25, 0.3) is 0 Å². The van der Waals surface area contributed by atoms with Gasteiger partial charge in [0.1, 0.15) is 0 Å². The Morgan fingerprint density at radius 3 is 2.53 bits per heavy atom. The lowest BCUT2D eigenvalue weighted by molar-refractivity contribution is 0.327. The highest BCUT2D eigenvalue weighted by atomic mass is 14.7. The molecule has 1 unspecified atom stereocenters. The first-order valence-electron chi connectivity index (χ1n) is 6.00. The molecule has 0 heterocycles. The van der Waals surface area contributed by atoms with Gasteiger partial charge in [-0.05, 0) is 31.3 Å². The Balaban J connectivity index is 2.65. The van der Waals surface area contributed by atoms with Crippen LogP contribution in [-0.4, -0.2) is 6.04 Å². The minimum atomic E-state index is 0.194. The molecular formula is C14H23N. The summed E-state index contributed by atoms with van der Waals surface area (Å²) < 4.78 is 0. The van der Waals surface area contributed by atoms with Gasteiger partial charge in [0.05, 0.1) is 0 Å². The van der Waals surface area contributed by atoms with E-state index in [1.54, 1.807) is 0 Å². The van der Waals surface area contributed by atoms with Crippen LogP contribution in [0, 0.1) is 5.92 Å². The number of nitrogens with two attached hydrogens (primary N) is 1. The molecule has 0 aromatic carbocycles. The van der Waals surface area contributed by atoms with E-state index >= 15 is 0 Å². The SMILES string of the molecule is C=C/C=C(\C=C/C)C(N)C1CCCCC1. The lowest BCUT2D eigenvalue weighted by atomic mass is 9.81. The summed E-state index contributed by atoms with van der Waals surface area (Å²) in [6, 6.07) is 0.194. The molecule has 84 valence electrons. The standard InChI is InChI=1S/C14H23N/c1-3-8-12(9-4-2)14(15)13-10-6-5-7-11-13/h3-4,8-9,13-14H,1,5-7,10-11,15H2,2H3/b9-4-,12-8+. The molecule has 1 atom stereocenters.